The molecule has 0 aliphatic carbocycles. The van der Waals surface area contributed by atoms with Crippen LogP contribution in [0.15, 0.2) is 28.8 Å². The summed E-state index contributed by atoms with van der Waals surface area (Å²) >= 11 is 11.0. The zero-order valence-electron chi connectivity index (χ0n) is 6.30. The third-order valence-corrected chi connectivity index (χ3v) is 1.71. The molecule has 0 unspecified atom stereocenters. The van der Waals surface area contributed by atoms with Crippen LogP contribution in [0.4, 0.5) is 0 Å². The molecule has 0 aliphatic rings. The summed E-state index contributed by atoms with van der Waals surface area (Å²) in [5.74, 6) is 0. The van der Waals surface area contributed by atoms with Crippen LogP contribution in [0.5, 0.6) is 0 Å². The van der Waals surface area contributed by atoms with Gasteiger partial charge in [-0.1, -0.05) is 47.5 Å². The minimum Gasteiger partial charge on any atom is -0.392 e. The van der Waals surface area contributed by atoms with E-state index in [1.165, 1.54) is 0 Å². The van der Waals surface area contributed by atoms with Gasteiger partial charge in [0.2, 0.25) is 0 Å². The van der Waals surface area contributed by atoms with Crippen LogP contribution >= 0.6 is 23.2 Å². The van der Waals surface area contributed by atoms with E-state index in [-0.39, 0.29) is 11.1 Å². The van der Waals surface area contributed by atoms with E-state index in [1.54, 1.807) is 6.08 Å². The van der Waals surface area contributed by atoms with Crippen molar-refractivity contribution in [2.75, 3.05) is 0 Å². The molecule has 3 heteroatoms. The van der Waals surface area contributed by atoms with Crippen LogP contribution in [-0.2, 0) is 6.61 Å². The average molecular weight is 203 g/mol. The van der Waals surface area contributed by atoms with E-state index in [9.17, 15) is 0 Å². The fourth-order valence-electron chi connectivity index (χ4n) is 0.937. The molecule has 1 aromatic rings. The van der Waals surface area contributed by atoms with Gasteiger partial charge in [0, 0.05) is 0 Å². The normalized spacial score (nSPS) is 9.58. The molecule has 0 spiro atoms. The highest BCUT2D eigenvalue weighted by molar-refractivity contribution is 6.57. The van der Waals surface area contributed by atoms with Crippen molar-refractivity contribution in [3.8, 4) is 0 Å². The summed E-state index contributed by atoms with van der Waals surface area (Å²) in [6.45, 7) is -0.00622. The van der Waals surface area contributed by atoms with E-state index < -0.39 is 0 Å². The molecule has 1 aromatic carbocycles. The van der Waals surface area contributed by atoms with E-state index in [0.29, 0.717) is 0 Å². The molecule has 0 saturated heterocycles. The van der Waals surface area contributed by atoms with Gasteiger partial charge in [-0.3, -0.25) is 0 Å². The van der Waals surface area contributed by atoms with Crippen LogP contribution in [-0.4, -0.2) is 5.11 Å². The lowest BCUT2D eigenvalue weighted by atomic mass is 10.1. The van der Waals surface area contributed by atoms with Gasteiger partial charge in [-0.2, -0.15) is 0 Å². The molecule has 0 fully saturated rings. The minimum absolute atomic E-state index is 0.00622. The Morgan fingerprint density at radius 3 is 2.58 bits per heavy atom. The van der Waals surface area contributed by atoms with E-state index in [0.717, 1.165) is 11.1 Å². The highest BCUT2D eigenvalue weighted by Crippen LogP contribution is 2.17. The Morgan fingerprint density at radius 1 is 1.33 bits per heavy atom. The lowest BCUT2D eigenvalue weighted by Gasteiger charge is -2.00. The third kappa shape index (κ3) is 2.52. The summed E-state index contributed by atoms with van der Waals surface area (Å²) in [6, 6.07) is 7.38. The maximum Gasteiger partial charge on any atom is 0.107 e. The van der Waals surface area contributed by atoms with Gasteiger partial charge in [0.25, 0.3) is 0 Å². The molecule has 0 aliphatic heterocycles. The van der Waals surface area contributed by atoms with Crippen LogP contribution in [0.3, 0.4) is 0 Å². The number of aliphatic hydroxyl groups is 1. The van der Waals surface area contributed by atoms with Gasteiger partial charge in [0.1, 0.15) is 4.49 Å². The monoisotopic (exact) mass is 202 g/mol. The Hall–Kier alpha value is -0.500. The molecular formula is C9H8Cl2O. The molecule has 1 nitrogen and oxygen atoms in total. The largest absolute Gasteiger partial charge is 0.392 e. The second kappa shape index (κ2) is 4.51. The van der Waals surface area contributed by atoms with E-state index >= 15 is 0 Å². The van der Waals surface area contributed by atoms with Crippen molar-refractivity contribution in [2.24, 2.45) is 0 Å². The van der Waals surface area contributed by atoms with E-state index in [2.05, 4.69) is 0 Å². The number of aliphatic hydroxyl groups excluding tert-OH is 1. The molecule has 1 rings (SSSR count). The molecule has 0 atom stereocenters. The molecule has 1 N–H and O–H groups in total. The SMILES string of the molecule is OCc1ccccc1C=C(Cl)Cl. The topological polar surface area (TPSA) is 20.2 Å². The highest BCUT2D eigenvalue weighted by atomic mass is 35.5. The Balaban J connectivity index is 3.05. The Bertz CT molecular complexity index is 290. The number of halogens is 2. The maximum absolute atomic E-state index is 8.92. The van der Waals surface area contributed by atoms with Gasteiger partial charge in [-0.05, 0) is 17.2 Å². The smallest absolute Gasteiger partial charge is 0.107 e. The Labute approximate surface area is 81.2 Å². The summed E-state index contributed by atoms with van der Waals surface area (Å²) < 4.78 is 0.191. The Morgan fingerprint density at radius 2 is 2.00 bits per heavy atom. The molecule has 0 heterocycles. The second-order valence-electron chi connectivity index (χ2n) is 2.29. The van der Waals surface area contributed by atoms with Gasteiger partial charge in [-0.15, -0.1) is 0 Å². The molecular weight excluding hydrogens is 195 g/mol. The molecule has 0 amide bonds. The van der Waals surface area contributed by atoms with E-state index in [1.807, 2.05) is 24.3 Å². The molecule has 0 aromatic heterocycles. The van der Waals surface area contributed by atoms with Crippen molar-refractivity contribution in [2.45, 2.75) is 6.61 Å². The highest BCUT2D eigenvalue weighted by Gasteiger charge is 1.96. The number of benzene rings is 1. The van der Waals surface area contributed by atoms with Crippen LogP contribution in [0.25, 0.3) is 6.08 Å². The summed E-state index contributed by atoms with van der Waals surface area (Å²) in [5, 5.41) is 8.92. The van der Waals surface area contributed by atoms with Crippen molar-refractivity contribution in [1.82, 2.24) is 0 Å². The first-order chi connectivity index (χ1) is 5.74. The number of hydrogen-bond donors (Lipinski definition) is 1. The predicted molar refractivity (Wildman–Crippen MR) is 52.0 cm³/mol. The van der Waals surface area contributed by atoms with Gasteiger partial charge >= 0.3 is 0 Å². The van der Waals surface area contributed by atoms with Crippen molar-refractivity contribution < 1.29 is 5.11 Å². The van der Waals surface area contributed by atoms with Gasteiger partial charge in [0.15, 0.2) is 0 Å². The minimum atomic E-state index is -0.00622. The summed E-state index contributed by atoms with van der Waals surface area (Å²) in [6.07, 6.45) is 1.61. The van der Waals surface area contributed by atoms with E-state index in [4.69, 9.17) is 28.3 Å². The van der Waals surface area contributed by atoms with Crippen molar-refractivity contribution >= 4 is 29.3 Å². The summed E-state index contributed by atoms with van der Waals surface area (Å²) in [4.78, 5) is 0. The molecule has 0 radical (unpaired) electrons. The fourth-order valence-corrected chi connectivity index (χ4v) is 1.17. The van der Waals surface area contributed by atoms with Crippen LogP contribution < -0.4 is 0 Å². The first-order valence-electron chi connectivity index (χ1n) is 3.45. The standard InChI is InChI=1S/C9H8Cl2O/c10-9(11)5-7-3-1-2-4-8(7)6-12/h1-5,12H,6H2. The first-order valence-corrected chi connectivity index (χ1v) is 4.21. The van der Waals surface area contributed by atoms with Crippen molar-refractivity contribution in [3.63, 3.8) is 0 Å². The lowest BCUT2D eigenvalue weighted by Crippen LogP contribution is -1.86. The zero-order valence-corrected chi connectivity index (χ0v) is 7.81. The molecule has 64 valence electrons. The number of rotatable bonds is 2. The zero-order chi connectivity index (χ0) is 8.97. The van der Waals surface area contributed by atoms with Gasteiger partial charge in [0.05, 0.1) is 6.61 Å². The summed E-state index contributed by atoms with van der Waals surface area (Å²) in [5.41, 5.74) is 1.66. The third-order valence-electron chi connectivity index (χ3n) is 1.49. The maximum atomic E-state index is 8.92. The first kappa shape index (κ1) is 9.59. The van der Waals surface area contributed by atoms with Crippen LogP contribution in [0.2, 0.25) is 0 Å². The van der Waals surface area contributed by atoms with Crippen molar-refractivity contribution in [3.05, 3.63) is 39.9 Å². The number of hydrogen-bond acceptors (Lipinski definition) is 1. The van der Waals surface area contributed by atoms with Crippen LogP contribution in [0, 0.1) is 0 Å². The van der Waals surface area contributed by atoms with Gasteiger partial charge in [-0.25, -0.2) is 0 Å². The van der Waals surface area contributed by atoms with Crippen molar-refractivity contribution in [1.29, 1.82) is 0 Å². The Kier molecular flexibility index (Phi) is 3.60. The fraction of sp³-hybridized carbons (Fsp3) is 0.111. The lowest BCUT2D eigenvalue weighted by molar-refractivity contribution is 0.281. The van der Waals surface area contributed by atoms with Gasteiger partial charge < -0.3 is 5.11 Å². The molecule has 0 bridgehead atoms. The summed E-state index contributed by atoms with van der Waals surface area (Å²) in [7, 11) is 0. The quantitative estimate of drug-likeness (QED) is 0.783. The molecule has 0 saturated carbocycles. The predicted octanol–water partition coefficient (Wildman–Crippen LogP) is 2.95. The average Bonchev–Trinajstić information content (AvgIpc) is 2.04. The second-order valence-corrected chi connectivity index (χ2v) is 3.30. The molecule has 12 heavy (non-hydrogen) atoms. The van der Waals surface area contributed by atoms with Crippen LogP contribution in [0.1, 0.15) is 11.1 Å².